The van der Waals surface area contributed by atoms with Gasteiger partial charge < -0.3 is 4.90 Å². The van der Waals surface area contributed by atoms with E-state index in [-0.39, 0.29) is 0 Å². The van der Waals surface area contributed by atoms with Gasteiger partial charge in [-0.3, -0.25) is 4.58 Å². The van der Waals surface area contributed by atoms with Crippen LogP contribution >= 0.6 is 0 Å². The molecular formula is C33H54N2. The largest absolute Gasteiger partial charge is 0.373 e. The molecule has 0 radical (unpaired) electrons. The fraction of sp³-hybridized carbons (Fsp3) is 0.758. The fourth-order valence-corrected chi connectivity index (χ4v) is 5.75. The first-order valence-electron chi connectivity index (χ1n) is 15.5. The highest BCUT2D eigenvalue weighted by Gasteiger charge is 2.07. The van der Waals surface area contributed by atoms with Crippen LogP contribution in [0.3, 0.4) is 0 Å². The van der Waals surface area contributed by atoms with Gasteiger partial charge in [-0.15, -0.1) is 6.08 Å². The summed E-state index contributed by atoms with van der Waals surface area (Å²) in [6.45, 7) is 4.60. The molecule has 0 unspecified atom stereocenters. The topological polar surface area (TPSA) is 6.25 Å². The van der Waals surface area contributed by atoms with Crippen LogP contribution < -0.4 is 0 Å². The third-order valence-corrected chi connectivity index (χ3v) is 7.99. The molecule has 3 rings (SSSR count). The van der Waals surface area contributed by atoms with E-state index in [1.807, 2.05) is 6.08 Å². The molecule has 35 heavy (non-hydrogen) atoms. The zero-order valence-electron chi connectivity index (χ0n) is 22.9. The van der Waals surface area contributed by atoms with Crippen molar-refractivity contribution in [3.63, 3.8) is 0 Å². The van der Waals surface area contributed by atoms with E-state index in [2.05, 4.69) is 39.8 Å². The van der Waals surface area contributed by atoms with E-state index in [4.69, 9.17) is 0 Å². The first-order chi connectivity index (χ1) is 17.4. The molecule has 0 amide bonds. The van der Waals surface area contributed by atoms with E-state index in [1.54, 1.807) is 5.57 Å². The Hall–Kier alpha value is -1.53. The second-order valence-corrected chi connectivity index (χ2v) is 11.3. The molecule has 2 nitrogen and oxygen atoms in total. The zero-order valence-corrected chi connectivity index (χ0v) is 22.9. The summed E-state index contributed by atoms with van der Waals surface area (Å²) in [5.74, 6) is 3.41. The van der Waals surface area contributed by atoms with Crippen molar-refractivity contribution in [1.82, 2.24) is 4.90 Å². The van der Waals surface area contributed by atoms with E-state index in [9.17, 15) is 0 Å². The van der Waals surface area contributed by atoms with Crippen LogP contribution in [0.25, 0.3) is 0 Å². The van der Waals surface area contributed by atoms with Gasteiger partial charge in [-0.2, -0.15) is 0 Å². The summed E-state index contributed by atoms with van der Waals surface area (Å²) in [4.78, 5) is 2.55. The summed E-state index contributed by atoms with van der Waals surface area (Å²) in [7, 11) is 0. The van der Waals surface area contributed by atoms with E-state index in [0.717, 1.165) is 13.1 Å². The van der Waals surface area contributed by atoms with Crippen LogP contribution in [0.2, 0.25) is 0 Å². The summed E-state index contributed by atoms with van der Waals surface area (Å²) < 4.78 is 2.40. The fourth-order valence-electron chi connectivity index (χ4n) is 5.75. The van der Waals surface area contributed by atoms with Gasteiger partial charge in [-0.05, 0) is 37.7 Å². The Morgan fingerprint density at radius 2 is 1.23 bits per heavy atom. The Kier molecular flexibility index (Phi) is 15.0. The number of nitrogens with zero attached hydrogens (tertiary/aromatic N) is 2. The van der Waals surface area contributed by atoms with Crippen LogP contribution in [0.1, 0.15) is 135 Å². The normalized spacial score (nSPS) is 23.8. The van der Waals surface area contributed by atoms with Gasteiger partial charge in [-0.25, -0.2) is 6.08 Å². The number of rotatable bonds is 0. The molecule has 3 heterocycles. The van der Waals surface area contributed by atoms with E-state index < -0.39 is 0 Å². The Balaban J connectivity index is 1.34. The van der Waals surface area contributed by atoms with Crippen LogP contribution in [-0.4, -0.2) is 41.5 Å². The predicted octanol–water partition coefficient (Wildman–Crippen LogP) is 8.93. The van der Waals surface area contributed by atoms with E-state index >= 15 is 0 Å². The van der Waals surface area contributed by atoms with Gasteiger partial charge in [-0.1, -0.05) is 120 Å². The van der Waals surface area contributed by atoms with Crippen molar-refractivity contribution in [3.05, 3.63) is 41.7 Å². The van der Waals surface area contributed by atoms with Gasteiger partial charge in [0, 0.05) is 25.7 Å². The molecule has 0 atom stereocenters. The molecule has 3 aliphatic heterocycles. The molecule has 0 aliphatic carbocycles. The van der Waals surface area contributed by atoms with Crippen molar-refractivity contribution in [2.24, 2.45) is 0 Å². The van der Waals surface area contributed by atoms with Crippen LogP contribution in [0.5, 0.6) is 0 Å². The van der Waals surface area contributed by atoms with Gasteiger partial charge in [0.05, 0.1) is 0 Å². The van der Waals surface area contributed by atoms with Crippen molar-refractivity contribution < 1.29 is 4.58 Å². The Labute approximate surface area is 218 Å². The maximum absolute atomic E-state index is 3.47. The van der Waals surface area contributed by atoms with Crippen LogP contribution in [-0.2, 0) is 0 Å². The summed E-state index contributed by atoms with van der Waals surface area (Å²) in [5, 5.41) is 0. The lowest BCUT2D eigenvalue weighted by atomic mass is 10.0. The average molecular weight is 479 g/mol. The van der Waals surface area contributed by atoms with Crippen LogP contribution in [0.4, 0.5) is 0 Å². The molecule has 0 N–H and O–H groups in total. The molecular weight excluding hydrogens is 424 g/mol. The third-order valence-electron chi connectivity index (χ3n) is 7.99. The Morgan fingerprint density at radius 1 is 0.657 bits per heavy atom. The molecule has 0 fully saturated rings. The molecule has 196 valence electrons. The predicted molar refractivity (Wildman–Crippen MR) is 152 cm³/mol. The van der Waals surface area contributed by atoms with E-state index in [0.29, 0.717) is 0 Å². The summed E-state index contributed by atoms with van der Waals surface area (Å²) >= 11 is 0. The lowest BCUT2D eigenvalue weighted by molar-refractivity contribution is -0.514. The quantitative estimate of drug-likeness (QED) is 0.249. The number of hydrogen-bond acceptors (Lipinski definition) is 1. The maximum Gasteiger partial charge on any atom is 0.138 e. The first kappa shape index (κ1) is 28.0. The number of fused-ring (bicyclic) bond motifs is 3. The molecule has 4 bridgehead atoms. The third kappa shape index (κ3) is 13.4. The van der Waals surface area contributed by atoms with Crippen molar-refractivity contribution in [2.75, 3.05) is 26.2 Å². The summed E-state index contributed by atoms with van der Waals surface area (Å²) in [6.07, 6.45) is 41.8. The van der Waals surface area contributed by atoms with Gasteiger partial charge in [0.1, 0.15) is 13.1 Å². The highest BCUT2D eigenvalue weighted by Crippen LogP contribution is 2.19. The molecule has 0 saturated heterocycles. The van der Waals surface area contributed by atoms with Gasteiger partial charge in [0.15, 0.2) is 0 Å². The molecule has 0 saturated carbocycles. The SMILES string of the molecule is C1=C[C-]=C2CCCCCCCCCCCCCN3C=C(C=CC3)CCCCCCCCCC[N+]=1C2. The Bertz CT molecular complexity index is 719. The highest BCUT2D eigenvalue weighted by atomic mass is 15.1. The van der Waals surface area contributed by atoms with Crippen LogP contribution in [0, 0.1) is 6.08 Å². The number of hydrogen-bond donors (Lipinski definition) is 0. The monoisotopic (exact) mass is 478 g/mol. The van der Waals surface area contributed by atoms with Gasteiger partial charge >= 0.3 is 0 Å². The molecule has 3 aliphatic rings. The van der Waals surface area contributed by atoms with Crippen molar-refractivity contribution in [2.45, 2.75) is 135 Å². The maximum atomic E-state index is 3.47. The zero-order chi connectivity index (χ0) is 24.2. The molecule has 0 aromatic rings. The summed E-state index contributed by atoms with van der Waals surface area (Å²) in [5.41, 5.74) is 3.05. The smallest absolute Gasteiger partial charge is 0.138 e. The lowest BCUT2D eigenvalue weighted by Crippen LogP contribution is -2.21. The number of allylic oxidation sites excluding steroid dienone is 4. The molecule has 0 aromatic carbocycles. The van der Waals surface area contributed by atoms with Crippen molar-refractivity contribution >= 4 is 5.87 Å². The lowest BCUT2D eigenvalue weighted by Gasteiger charge is -2.23. The molecule has 0 spiro atoms. The first-order valence-corrected chi connectivity index (χ1v) is 15.5. The highest BCUT2D eigenvalue weighted by molar-refractivity contribution is 5.49. The summed E-state index contributed by atoms with van der Waals surface area (Å²) in [6, 6.07) is 0. The molecule has 0 aromatic heterocycles. The average Bonchev–Trinajstić information content (AvgIpc) is 2.88. The van der Waals surface area contributed by atoms with Crippen LogP contribution in [0.15, 0.2) is 35.6 Å². The second-order valence-electron chi connectivity index (χ2n) is 11.3. The minimum atomic E-state index is 1.07. The Morgan fingerprint density at radius 3 is 1.91 bits per heavy atom. The minimum absolute atomic E-state index is 1.07. The minimum Gasteiger partial charge on any atom is -0.373 e. The second kappa shape index (κ2) is 18.7. The van der Waals surface area contributed by atoms with E-state index in [1.165, 1.54) is 153 Å². The van der Waals surface area contributed by atoms with Crippen molar-refractivity contribution in [3.8, 4) is 0 Å². The van der Waals surface area contributed by atoms with Crippen molar-refractivity contribution in [1.29, 1.82) is 0 Å². The van der Waals surface area contributed by atoms with Gasteiger partial charge in [0.25, 0.3) is 0 Å². The standard InChI is InChI=1S/C33H54N2/c1-2-4-8-12-16-22-32-24-20-29-35(30-32)27-19-15-11-7-5-9-13-17-23-33-25-21-28-34(31-33)26-18-14-10-6-3-1/h20-21,25,31H,1-19,22-23,26-28,30H2. The van der Waals surface area contributed by atoms with Gasteiger partial charge in [0.2, 0.25) is 0 Å². The molecule has 2 heteroatoms.